The second-order valence-corrected chi connectivity index (χ2v) is 4.61. The summed E-state index contributed by atoms with van der Waals surface area (Å²) in [6.07, 6.45) is 1.58. The molecular formula is C13H14FNO2. The average molecular weight is 235 g/mol. The van der Waals surface area contributed by atoms with E-state index in [1.807, 2.05) is 0 Å². The minimum Gasteiger partial charge on any atom is -0.508 e. The van der Waals surface area contributed by atoms with Crippen molar-refractivity contribution in [3.05, 3.63) is 29.3 Å². The first-order valence-corrected chi connectivity index (χ1v) is 5.76. The summed E-state index contributed by atoms with van der Waals surface area (Å²) >= 11 is 0. The Kier molecular flexibility index (Phi) is 2.33. The van der Waals surface area contributed by atoms with Crippen LogP contribution < -0.4 is 0 Å². The molecule has 2 aromatic rings. The molecule has 1 aliphatic heterocycles. The molecule has 0 saturated heterocycles. The predicted octanol–water partition coefficient (Wildman–Crippen LogP) is 2.31. The van der Waals surface area contributed by atoms with Crippen molar-refractivity contribution in [1.29, 1.82) is 0 Å². The summed E-state index contributed by atoms with van der Waals surface area (Å²) in [4.78, 5) is 2.21. The van der Waals surface area contributed by atoms with Crippen LogP contribution in [0.15, 0.2) is 16.5 Å². The Labute approximate surface area is 98.4 Å². The highest BCUT2D eigenvalue weighted by Crippen LogP contribution is 2.33. The Hall–Kier alpha value is -1.55. The Morgan fingerprint density at radius 3 is 2.88 bits per heavy atom. The van der Waals surface area contributed by atoms with Gasteiger partial charge in [-0.25, -0.2) is 4.39 Å². The van der Waals surface area contributed by atoms with Crippen LogP contribution in [0.1, 0.15) is 11.3 Å². The SMILES string of the molecule is CN1CCc2oc3cc(O)cc(F)c3c2CC1. The third-order valence-electron chi connectivity index (χ3n) is 3.37. The Morgan fingerprint density at radius 2 is 2.06 bits per heavy atom. The first-order valence-electron chi connectivity index (χ1n) is 5.76. The maximum atomic E-state index is 13.9. The molecule has 0 amide bonds. The van der Waals surface area contributed by atoms with Crippen molar-refractivity contribution in [3.8, 4) is 5.75 Å². The van der Waals surface area contributed by atoms with Crippen molar-refractivity contribution in [3.63, 3.8) is 0 Å². The molecule has 3 rings (SSSR count). The summed E-state index contributed by atoms with van der Waals surface area (Å²) in [7, 11) is 2.05. The lowest BCUT2D eigenvalue weighted by Crippen LogP contribution is -2.20. The van der Waals surface area contributed by atoms with Crippen LogP contribution in [0.2, 0.25) is 0 Å². The first kappa shape index (κ1) is 10.6. The van der Waals surface area contributed by atoms with Crippen LogP contribution in [0.4, 0.5) is 4.39 Å². The molecule has 0 atom stereocenters. The van der Waals surface area contributed by atoms with Crippen LogP contribution in [0.5, 0.6) is 5.75 Å². The number of nitrogens with zero attached hydrogens (tertiary/aromatic N) is 1. The van der Waals surface area contributed by atoms with Gasteiger partial charge >= 0.3 is 0 Å². The summed E-state index contributed by atoms with van der Waals surface area (Å²) in [6.45, 7) is 1.82. The second-order valence-electron chi connectivity index (χ2n) is 4.61. The van der Waals surface area contributed by atoms with E-state index in [0.717, 1.165) is 43.3 Å². The third-order valence-corrected chi connectivity index (χ3v) is 3.37. The number of hydrogen-bond acceptors (Lipinski definition) is 3. The minimum absolute atomic E-state index is 0.0870. The first-order chi connectivity index (χ1) is 8.15. The number of likely N-dealkylation sites (N-methyl/N-ethyl adjacent to an activating group) is 1. The van der Waals surface area contributed by atoms with E-state index in [2.05, 4.69) is 11.9 Å². The van der Waals surface area contributed by atoms with E-state index in [0.29, 0.717) is 11.0 Å². The van der Waals surface area contributed by atoms with Crippen molar-refractivity contribution in [2.45, 2.75) is 12.8 Å². The molecule has 1 aliphatic rings. The molecule has 90 valence electrons. The van der Waals surface area contributed by atoms with E-state index in [4.69, 9.17) is 4.42 Å². The van der Waals surface area contributed by atoms with Gasteiger partial charge < -0.3 is 14.4 Å². The van der Waals surface area contributed by atoms with Crippen LogP contribution in [0.3, 0.4) is 0 Å². The molecule has 1 aromatic heterocycles. The smallest absolute Gasteiger partial charge is 0.141 e. The fourth-order valence-electron chi connectivity index (χ4n) is 2.45. The lowest BCUT2D eigenvalue weighted by molar-refractivity contribution is 0.346. The molecule has 17 heavy (non-hydrogen) atoms. The van der Waals surface area contributed by atoms with Gasteiger partial charge in [0.15, 0.2) is 0 Å². The zero-order valence-corrected chi connectivity index (χ0v) is 9.66. The summed E-state index contributed by atoms with van der Waals surface area (Å²) in [5, 5.41) is 9.90. The van der Waals surface area contributed by atoms with E-state index < -0.39 is 5.82 Å². The zero-order chi connectivity index (χ0) is 12.0. The maximum Gasteiger partial charge on any atom is 0.141 e. The molecule has 0 aliphatic carbocycles. The molecule has 0 radical (unpaired) electrons. The van der Waals surface area contributed by atoms with Gasteiger partial charge in [-0.1, -0.05) is 0 Å². The van der Waals surface area contributed by atoms with Crippen molar-refractivity contribution in [1.82, 2.24) is 4.90 Å². The number of fused-ring (bicyclic) bond motifs is 3. The number of halogens is 1. The second kappa shape index (κ2) is 3.74. The quantitative estimate of drug-likeness (QED) is 0.761. The minimum atomic E-state index is -0.394. The van der Waals surface area contributed by atoms with Crippen LogP contribution in [0, 0.1) is 5.82 Å². The molecule has 3 nitrogen and oxygen atoms in total. The van der Waals surface area contributed by atoms with Crippen LogP contribution >= 0.6 is 0 Å². The molecule has 0 unspecified atom stereocenters. The zero-order valence-electron chi connectivity index (χ0n) is 9.66. The highest BCUT2D eigenvalue weighted by Gasteiger charge is 2.21. The Bertz CT molecular complexity index is 576. The summed E-state index contributed by atoms with van der Waals surface area (Å²) < 4.78 is 19.5. The van der Waals surface area contributed by atoms with Gasteiger partial charge in [0.1, 0.15) is 22.9 Å². The van der Waals surface area contributed by atoms with Crippen LogP contribution in [-0.2, 0) is 12.8 Å². The fourth-order valence-corrected chi connectivity index (χ4v) is 2.45. The molecule has 0 bridgehead atoms. The summed E-state index contributed by atoms with van der Waals surface area (Å²) in [5.41, 5.74) is 1.42. The van der Waals surface area contributed by atoms with E-state index in [1.165, 1.54) is 6.07 Å². The van der Waals surface area contributed by atoms with Crippen molar-refractivity contribution >= 4 is 11.0 Å². The van der Waals surface area contributed by atoms with Gasteiger partial charge in [0.05, 0.1) is 5.39 Å². The van der Waals surface area contributed by atoms with Gasteiger partial charge in [0, 0.05) is 37.2 Å². The van der Waals surface area contributed by atoms with Gasteiger partial charge in [0.2, 0.25) is 0 Å². The molecular weight excluding hydrogens is 221 g/mol. The van der Waals surface area contributed by atoms with Gasteiger partial charge in [-0.15, -0.1) is 0 Å². The lowest BCUT2D eigenvalue weighted by Gasteiger charge is -2.11. The van der Waals surface area contributed by atoms with Gasteiger partial charge in [-0.2, -0.15) is 0 Å². The number of rotatable bonds is 0. The number of phenolic OH excluding ortho intramolecular Hbond substituents is 1. The van der Waals surface area contributed by atoms with Crippen LogP contribution in [-0.4, -0.2) is 30.1 Å². The number of benzene rings is 1. The number of phenols is 1. The van der Waals surface area contributed by atoms with Crippen molar-refractivity contribution in [2.24, 2.45) is 0 Å². The predicted molar refractivity (Wildman–Crippen MR) is 62.7 cm³/mol. The molecule has 0 spiro atoms. The van der Waals surface area contributed by atoms with Crippen LogP contribution in [0.25, 0.3) is 11.0 Å². The summed E-state index contributed by atoms with van der Waals surface area (Å²) in [6, 6.07) is 2.63. The molecule has 4 heteroatoms. The highest BCUT2D eigenvalue weighted by atomic mass is 19.1. The van der Waals surface area contributed by atoms with E-state index in [9.17, 15) is 9.50 Å². The Morgan fingerprint density at radius 1 is 1.29 bits per heavy atom. The molecule has 0 saturated carbocycles. The van der Waals surface area contributed by atoms with E-state index in [1.54, 1.807) is 0 Å². The third kappa shape index (κ3) is 1.69. The van der Waals surface area contributed by atoms with Gasteiger partial charge in [-0.3, -0.25) is 0 Å². The Balaban J connectivity index is 2.21. The van der Waals surface area contributed by atoms with Crippen molar-refractivity contribution in [2.75, 3.05) is 20.1 Å². The topological polar surface area (TPSA) is 36.6 Å². The molecule has 2 heterocycles. The maximum absolute atomic E-state index is 13.9. The number of hydrogen-bond donors (Lipinski definition) is 1. The molecule has 1 N–H and O–H groups in total. The van der Waals surface area contributed by atoms with Crippen molar-refractivity contribution < 1.29 is 13.9 Å². The molecule has 1 aromatic carbocycles. The average Bonchev–Trinajstić information content (AvgIpc) is 2.52. The largest absolute Gasteiger partial charge is 0.508 e. The normalized spacial score (nSPS) is 17.1. The molecule has 0 fully saturated rings. The van der Waals surface area contributed by atoms with Gasteiger partial charge in [-0.05, 0) is 13.5 Å². The van der Waals surface area contributed by atoms with E-state index in [-0.39, 0.29) is 5.75 Å². The fraction of sp³-hybridized carbons (Fsp3) is 0.385. The van der Waals surface area contributed by atoms with E-state index >= 15 is 0 Å². The monoisotopic (exact) mass is 235 g/mol. The highest BCUT2D eigenvalue weighted by molar-refractivity contribution is 5.84. The number of aromatic hydroxyl groups is 1. The van der Waals surface area contributed by atoms with Gasteiger partial charge in [0.25, 0.3) is 0 Å². The lowest BCUT2D eigenvalue weighted by atomic mass is 10.1. The summed E-state index contributed by atoms with van der Waals surface area (Å²) in [5.74, 6) is 0.374. The number of furan rings is 1. The standard InChI is InChI=1S/C13H14FNO2/c1-15-4-2-9-11(3-5-15)17-12-7-8(16)6-10(14)13(9)12/h6-7,16H,2-5H2,1H3.